The molecule has 0 saturated carbocycles. The molecular weight excluding hydrogens is 180 g/mol. The van der Waals surface area contributed by atoms with Gasteiger partial charge < -0.3 is 10.5 Å². The Balaban J connectivity index is 2.79. The van der Waals surface area contributed by atoms with E-state index < -0.39 is 0 Å². The number of nitrogens with two attached hydrogens (primary N) is 1. The number of nitrogens with zero attached hydrogens (tertiary/aromatic N) is 2. The highest BCUT2D eigenvalue weighted by Crippen LogP contribution is 2.11. The second-order valence-corrected chi connectivity index (χ2v) is 3.33. The summed E-state index contributed by atoms with van der Waals surface area (Å²) in [7, 11) is 0. The van der Waals surface area contributed by atoms with E-state index in [4.69, 9.17) is 15.9 Å². The highest BCUT2D eigenvalue weighted by Gasteiger charge is 2.09. The summed E-state index contributed by atoms with van der Waals surface area (Å²) in [6, 6.07) is 0. The van der Waals surface area contributed by atoms with Crippen molar-refractivity contribution in [1.29, 1.82) is 5.41 Å². The molecule has 0 aliphatic heterocycles. The molecule has 0 amide bonds. The van der Waals surface area contributed by atoms with E-state index in [2.05, 4.69) is 9.97 Å². The first-order chi connectivity index (χ1) is 6.61. The van der Waals surface area contributed by atoms with Gasteiger partial charge in [0.15, 0.2) is 5.69 Å². The van der Waals surface area contributed by atoms with Gasteiger partial charge in [0.2, 0.25) is 5.88 Å². The summed E-state index contributed by atoms with van der Waals surface area (Å²) in [6.45, 7) is 4.60. The van der Waals surface area contributed by atoms with Gasteiger partial charge >= 0.3 is 0 Å². The summed E-state index contributed by atoms with van der Waals surface area (Å²) in [4.78, 5) is 7.89. The second-order valence-electron chi connectivity index (χ2n) is 3.33. The van der Waals surface area contributed by atoms with Crippen molar-refractivity contribution in [2.45, 2.75) is 13.8 Å². The van der Waals surface area contributed by atoms with Crippen LogP contribution in [0.5, 0.6) is 5.88 Å². The molecule has 0 aromatic carbocycles. The number of aromatic nitrogens is 2. The summed E-state index contributed by atoms with van der Waals surface area (Å²) < 4.78 is 5.37. The van der Waals surface area contributed by atoms with Crippen molar-refractivity contribution in [2.24, 2.45) is 11.7 Å². The molecule has 5 nitrogen and oxygen atoms in total. The molecule has 1 heterocycles. The van der Waals surface area contributed by atoms with Gasteiger partial charge in [-0.15, -0.1) is 0 Å². The Labute approximate surface area is 82.8 Å². The van der Waals surface area contributed by atoms with Crippen molar-refractivity contribution >= 4 is 5.84 Å². The van der Waals surface area contributed by atoms with E-state index in [0.717, 1.165) is 0 Å². The quantitative estimate of drug-likeness (QED) is 0.548. The molecule has 0 unspecified atom stereocenters. The lowest BCUT2D eigenvalue weighted by atomic mass is 10.2. The van der Waals surface area contributed by atoms with Crippen LogP contribution in [0.15, 0.2) is 12.4 Å². The Kier molecular flexibility index (Phi) is 3.39. The first kappa shape index (κ1) is 10.4. The van der Waals surface area contributed by atoms with Crippen LogP contribution in [0.25, 0.3) is 0 Å². The monoisotopic (exact) mass is 194 g/mol. The number of hydrogen-bond acceptors (Lipinski definition) is 4. The summed E-state index contributed by atoms with van der Waals surface area (Å²) >= 11 is 0. The smallest absolute Gasteiger partial charge is 0.243 e. The Bertz CT molecular complexity index is 324. The first-order valence-electron chi connectivity index (χ1n) is 4.39. The van der Waals surface area contributed by atoms with E-state index in [-0.39, 0.29) is 5.84 Å². The zero-order valence-electron chi connectivity index (χ0n) is 8.32. The molecule has 0 fully saturated rings. The van der Waals surface area contributed by atoms with Crippen molar-refractivity contribution < 1.29 is 4.74 Å². The lowest BCUT2D eigenvalue weighted by Gasteiger charge is -2.09. The molecule has 1 aromatic rings. The summed E-state index contributed by atoms with van der Waals surface area (Å²) in [6.07, 6.45) is 3.00. The average molecular weight is 194 g/mol. The lowest BCUT2D eigenvalue weighted by Crippen LogP contribution is -2.17. The SMILES string of the molecule is CC(C)COc1nccnc1C(=N)N. The van der Waals surface area contributed by atoms with Crippen molar-refractivity contribution in [2.75, 3.05) is 6.61 Å². The van der Waals surface area contributed by atoms with Crippen LogP contribution in [-0.2, 0) is 0 Å². The van der Waals surface area contributed by atoms with E-state index in [1.807, 2.05) is 13.8 Å². The van der Waals surface area contributed by atoms with Crippen LogP contribution in [0.4, 0.5) is 0 Å². The zero-order chi connectivity index (χ0) is 10.6. The average Bonchev–Trinajstić information content (AvgIpc) is 2.15. The van der Waals surface area contributed by atoms with E-state index >= 15 is 0 Å². The van der Waals surface area contributed by atoms with Crippen LogP contribution < -0.4 is 10.5 Å². The molecule has 14 heavy (non-hydrogen) atoms. The van der Waals surface area contributed by atoms with Gasteiger partial charge in [0.05, 0.1) is 6.61 Å². The molecule has 5 heteroatoms. The predicted molar refractivity (Wildman–Crippen MR) is 53.4 cm³/mol. The third-order valence-electron chi connectivity index (χ3n) is 1.47. The number of ether oxygens (including phenoxy) is 1. The Hall–Kier alpha value is -1.65. The summed E-state index contributed by atoms with van der Waals surface area (Å²) in [5.41, 5.74) is 5.62. The van der Waals surface area contributed by atoms with Crippen LogP contribution in [0.1, 0.15) is 19.5 Å². The molecule has 0 spiro atoms. The van der Waals surface area contributed by atoms with Crippen LogP contribution in [-0.4, -0.2) is 22.4 Å². The van der Waals surface area contributed by atoms with Crippen LogP contribution in [0.2, 0.25) is 0 Å². The minimum absolute atomic E-state index is 0.128. The Morgan fingerprint density at radius 2 is 2.14 bits per heavy atom. The fourth-order valence-corrected chi connectivity index (χ4v) is 0.861. The lowest BCUT2D eigenvalue weighted by molar-refractivity contribution is 0.259. The van der Waals surface area contributed by atoms with Gasteiger partial charge in [-0.25, -0.2) is 9.97 Å². The number of hydrogen-bond donors (Lipinski definition) is 2. The first-order valence-corrected chi connectivity index (χ1v) is 4.39. The third-order valence-corrected chi connectivity index (χ3v) is 1.47. The second kappa shape index (κ2) is 4.55. The maximum Gasteiger partial charge on any atom is 0.243 e. The minimum Gasteiger partial charge on any atom is -0.476 e. The van der Waals surface area contributed by atoms with E-state index in [0.29, 0.717) is 24.1 Å². The standard InChI is InChI=1S/C9H14N4O/c1-6(2)5-14-9-7(8(10)11)12-3-4-13-9/h3-4,6H,5H2,1-2H3,(H3,10,11). The molecule has 3 N–H and O–H groups in total. The maximum atomic E-state index is 7.26. The number of amidine groups is 1. The molecular formula is C9H14N4O. The van der Waals surface area contributed by atoms with Gasteiger partial charge in [0.1, 0.15) is 5.84 Å². The van der Waals surface area contributed by atoms with Crippen molar-refractivity contribution in [1.82, 2.24) is 9.97 Å². The molecule has 0 aliphatic rings. The highest BCUT2D eigenvalue weighted by atomic mass is 16.5. The molecule has 1 rings (SSSR count). The summed E-state index contributed by atoms with van der Waals surface area (Å²) in [5, 5.41) is 7.26. The van der Waals surface area contributed by atoms with E-state index in [1.54, 1.807) is 0 Å². The minimum atomic E-state index is -0.128. The molecule has 0 atom stereocenters. The van der Waals surface area contributed by atoms with Gasteiger partial charge in [0.25, 0.3) is 0 Å². The van der Waals surface area contributed by atoms with E-state index in [9.17, 15) is 0 Å². The fraction of sp³-hybridized carbons (Fsp3) is 0.444. The third kappa shape index (κ3) is 2.69. The molecule has 0 radical (unpaired) electrons. The molecule has 76 valence electrons. The van der Waals surface area contributed by atoms with Crippen LogP contribution in [0.3, 0.4) is 0 Å². The van der Waals surface area contributed by atoms with Gasteiger partial charge in [0, 0.05) is 12.4 Å². The maximum absolute atomic E-state index is 7.26. The zero-order valence-corrected chi connectivity index (χ0v) is 8.32. The van der Waals surface area contributed by atoms with Crippen molar-refractivity contribution in [3.05, 3.63) is 18.1 Å². The number of rotatable bonds is 4. The molecule has 1 aromatic heterocycles. The van der Waals surface area contributed by atoms with Crippen LogP contribution in [0, 0.1) is 11.3 Å². The largest absolute Gasteiger partial charge is 0.476 e. The van der Waals surface area contributed by atoms with Gasteiger partial charge in [-0.2, -0.15) is 0 Å². The normalized spacial score (nSPS) is 10.2. The van der Waals surface area contributed by atoms with Crippen LogP contribution >= 0.6 is 0 Å². The Morgan fingerprint density at radius 3 is 2.71 bits per heavy atom. The van der Waals surface area contributed by atoms with E-state index in [1.165, 1.54) is 12.4 Å². The van der Waals surface area contributed by atoms with Crippen molar-refractivity contribution in [3.8, 4) is 5.88 Å². The predicted octanol–water partition coefficient (Wildman–Crippen LogP) is 0.795. The fourth-order valence-electron chi connectivity index (χ4n) is 0.861. The molecule has 0 saturated heterocycles. The molecule has 0 bridgehead atoms. The number of nitrogens with one attached hydrogen (secondary N) is 1. The Morgan fingerprint density at radius 1 is 1.50 bits per heavy atom. The summed E-state index contributed by atoms with van der Waals surface area (Å²) in [5.74, 6) is 0.599. The topological polar surface area (TPSA) is 84.9 Å². The van der Waals surface area contributed by atoms with Gasteiger partial charge in [-0.05, 0) is 5.92 Å². The molecule has 0 aliphatic carbocycles. The van der Waals surface area contributed by atoms with Gasteiger partial charge in [-0.1, -0.05) is 13.8 Å². The van der Waals surface area contributed by atoms with Gasteiger partial charge in [-0.3, -0.25) is 5.41 Å². The highest BCUT2D eigenvalue weighted by molar-refractivity contribution is 5.94. The van der Waals surface area contributed by atoms with Crippen molar-refractivity contribution in [3.63, 3.8) is 0 Å². The number of nitrogen functional groups attached to an aromatic ring is 1.